The first-order valence-electron chi connectivity index (χ1n) is 13.4. The Labute approximate surface area is 241 Å². The minimum atomic E-state index is 0.175. The van der Waals surface area contributed by atoms with Crippen molar-refractivity contribution < 1.29 is 33.0 Å². The van der Waals surface area contributed by atoms with Crippen molar-refractivity contribution in [3.8, 4) is 28.7 Å². The van der Waals surface area contributed by atoms with E-state index in [1.807, 2.05) is 80.6 Å². The maximum absolute atomic E-state index is 6.14. The highest BCUT2D eigenvalue weighted by Crippen LogP contribution is 2.32. The Morgan fingerprint density at radius 2 is 1.27 bits per heavy atom. The molecule has 3 rings (SSSR count). The minimum absolute atomic E-state index is 0.175. The molecule has 3 aromatic rings. The third-order valence-corrected chi connectivity index (χ3v) is 6.76. The Morgan fingerprint density at radius 3 is 1.75 bits per heavy atom. The van der Waals surface area contributed by atoms with E-state index in [2.05, 4.69) is 16.8 Å². The fraction of sp³-hybridized carbons (Fsp3) is 0.400. The Kier molecular flexibility index (Phi) is 13.7. The van der Waals surface area contributed by atoms with Gasteiger partial charge in [0.1, 0.15) is 19.0 Å². The van der Waals surface area contributed by atoms with Gasteiger partial charge in [0.15, 0.2) is 23.0 Å². The molecule has 0 amide bonds. The van der Waals surface area contributed by atoms with Crippen molar-refractivity contribution in [2.24, 2.45) is 5.90 Å². The SMILES string of the molecule is CCOc1ccccc1OCCN(CCOc1ccccc1OCC)[C@H](C)Cc1ccc(OC)c(SOON)c1. The highest BCUT2D eigenvalue weighted by atomic mass is 32.2. The van der Waals surface area contributed by atoms with E-state index >= 15 is 0 Å². The summed E-state index contributed by atoms with van der Waals surface area (Å²) in [5.74, 6) is 8.66. The van der Waals surface area contributed by atoms with Crippen LogP contribution in [0.5, 0.6) is 28.7 Å². The molecule has 0 spiro atoms. The van der Waals surface area contributed by atoms with Gasteiger partial charge in [-0.2, -0.15) is 5.90 Å². The molecule has 0 saturated carbocycles. The lowest BCUT2D eigenvalue weighted by molar-refractivity contribution is -0.195. The Balaban J connectivity index is 1.69. The summed E-state index contributed by atoms with van der Waals surface area (Å²) in [6.07, 6.45) is 0.784. The van der Waals surface area contributed by atoms with Crippen LogP contribution in [-0.2, 0) is 15.7 Å². The summed E-state index contributed by atoms with van der Waals surface area (Å²) >= 11 is 1.01. The molecule has 0 heterocycles. The van der Waals surface area contributed by atoms with Crippen LogP contribution in [0.3, 0.4) is 0 Å². The minimum Gasteiger partial charge on any atom is -0.495 e. The molecule has 0 saturated heterocycles. The average molecular weight is 573 g/mol. The molecule has 0 unspecified atom stereocenters. The fourth-order valence-electron chi connectivity index (χ4n) is 4.23. The van der Waals surface area contributed by atoms with E-state index in [1.54, 1.807) is 7.11 Å². The lowest BCUT2D eigenvalue weighted by Crippen LogP contribution is -2.40. The third kappa shape index (κ3) is 9.79. The van der Waals surface area contributed by atoms with Crippen LogP contribution < -0.4 is 29.6 Å². The predicted octanol–water partition coefficient (Wildman–Crippen LogP) is 5.71. The summed E-state index contributed by atoms with van der Waals surface area (Å²) in [5.41, 5.74) is 1.12. The van der Waals surface area contributed by atoms with E-state index in [0.717, 1.165) is 51.9 Å². The zero-order valence-electron chi connectivity index (χ0n) is 23.7. The first-order valence-corrected chi connectivity index (χ1v) is 14.1. The summed E-state index contributed by atoms with van der Waals surface area (Å²) in [4.78, 5) is 7.39. The van der Waals surface area contributed by atoms with E-state index in [1.165, 1.54) is 0 Å². The zero-order chi connectivity index (χ0) is 28.6. The topological polar surface area (TPSA) is 93.9 Å². The number of hydrogen-bond acceptors (Lipinski definition) is 10. The maximum Gasteiger partial charge on any atom is 0.161 e. The molecular weight excluding hydrogens is 532 g/mol. The molecule has 0 aromatic heterocycles. The number of nitrogens with two attached hydrogens (primary N) is 1. The number of methoxy groups -OCH3 is 1. The predicted molar refractivity (Wildman–Crippen MR) is 156 cm³/mol. The maximum atomic E-state index is 6.14. The summed E-state index contributed by atoms with van der Waals surface area (Å²) in [6, 6.07) is 21.6. The standard InChI is InChI=1S/C30H40N2O7S/c1-5-34-25-11-7-9-13-27(25)36-19-17-32(18-20-37-28-14-10-8-12-26(28)35-6-2)23(3)21-24-15-16-29(33-4)30(22-24)40-39-38-31/h7-16,22-23H,5-6,17-21,31H2,1-4H3/t23-/m1/s1. The molecule has 2 N–H and O–H groups in total. The fourth-order valence-corrected chi connectivity index (χ4v) is 4.77. The monoisotopic (exact) mass is 572 g/mol. The van der Waals surface area contributed by atoms with E-state index in [9.17, 15) is 0 Å². The van der Waals surface area contributed by atoms with Gasteiger partial charge in [-0.15, -0.1) is 9.32 Å². The molecule has 40 heavy (non-hydrogen) atoms. The highest BCUT2D eigenvalue weighted by Gasteiger charge is 2.17. The normalized spacial score (nSPS) is 11.8. The van der Waals surface area contributed by atoms with E-state index in [-0.39, 0.29) is 6.04 Å². The summed E-state index contributed by atoms with van der Waals surface area (Å²) in [6.45, 7) is 9.65. The molecule has 0 bridgehead atoms. The van der Waals surface area contributed by atoms with Crippen LogP contribution in [0.4, 0.5) is 0 Å². The van der Waals surface area contributed by atoms with Gasteiger partial charge >= 0.3 is 0 Å². The number of para-hydroxylation sites is 4. The smallest absolute Gasteiger partial charge is 0.161 e. The van der Waals surface area contributed by atoms with Crippen LogP contribution in [0, 0.1) is 0 Å². The molecular formula is C30H40N2O7S. The van der Waals surface area contributed by atoms with Crippen LogP contribution >= 0.6 is 12.0 Å². The number of rotatable bonds is 19. The Hall–Kier alpha value is -3.15. The van der Waals surface area contributed by atoms with Crippen LogP contribution in [0.25, 0.3) is 0 Å². The summed E-state index contributed by atoms with van der Waals surface area (Å²) in [5, 5.41) is 0. The van der Waals surface area contributed by atoms with Gasteiger partial charge in [-0.3, -0.25) is 4.90 Å². The van der Waals surface area contributed by atoms with Crippen LogP contribution in [-0.4, -0.2) is 57.6 Å². The summed E-state index contributed by atoms with van der Waals surface area (Å²) < 4.78 is 34.0. The average Bonchev–Trinajstić information content (AvgIpc) is 2.97. The van der Waals surface area contributed by atoms with Gasteiger partial charge in [-0.25, -0.2) is 0 Å². The van der Waals surface area contributed by atoms with Gasteiger partial charge in [0, 0.05) is 19.1 Å². The van der Waals surface area contributed by atoms with Crippen molar-refractivity contribution in [3.05, 3.63) is 72.3 Å². The molecule has 0 fully saturated rings. The van der Waals surface area contributed by atoms with Crippen molar-refractivity contribution >= 4 is 12.0 Å². The van der Waals surface area contributed by atoms with Crippen molar-refractivity contribution in [2.45, 2.75) is 38.1 Å². The second-order valence-electron chi connectivity index (χ2n) is 8.78. The summed E-state index contributed by atoms with van der Waals surface area (Å²) in [7, 11) is 1.61. The second kappa shape index (κ2) is 17.5. The van der Waals surface area contributed by atoms with E-state index in [0.29, 0.717) is 45.3 Å². The number of benzene rings is 3. The van der Waals surface area contributed by atoms with Gasteiger partial charge in [-0.1, -0.05) is 30.3 Å². The van der Waals surface area contributed by atoms with Crippen molar-refractivity contribution in [3.63, 3.8) is 0 Å². The van der Waals surface area contributed by atoms with Gasteiger partial charge < -0.3 is 23.7 Å². The number of nitrogens with zero attached hydrogens (tertiary/aromatic N) is 1. The third-order valence-electron chi connectivity index (χ3n) is 6.12. The molecule has 3 aromatic carbocycles. The molecule has 218 valence electrons. The van der Waals surface area contributed by atoms with Crippen molar-refractivity contribution in [1.29, 1.82) is 0 Å². The van der Waals surface area contributed by atoms with Gasteiger partial charge in [0.05, 0.1) is 37.3 Å². The van der Waals surface area contributed by atoms with Crippen LogP contribution in [0.1, 0.15) is 26.3 Å². The van der Waals surface area contributed by atoms with Gasteiger partial charge in [0.25, 0.3) is 0 Å². The Bertz CT molecular complexity index is 1100. The van der Waals surface area contributed by atoms with Crippen LogP contribution in [0.15, 0.2) is 71.6 Å². The first-order chi connectivity index (χ1) is 19.6. The van der Waals surface area contributed by atoms with Gasteiger partial charge in [-0.05, 0) is 69.2 Å². The van der Waals surface area contributed by atoms with Crippen LogP contribution in [0.2, 0.25) is 0 Å². The van der Waals surface area contributed by atoms with Gasteiger partial charge in [0.2, 0.25) is 0 Å². The largest absolute Gasteiger partial charge is 0.495 e. The highest BCUT2D eigenvalue weighted by molar-refractivity contribution is 7.94. The molecule has 0 aliphatic carbocycles. The molecule has 1 atom stereocenters. The lowest BCUT2D eigenvalue weighted by Gasteiger charge is -2.29. The zero-order valence-corrected chi connectivity index (χ0v) is 24.5. The molecule has 0 aliphatic heterocycles. The second-order valence-corrected chi connectivity index (χ2v) is 9.52. The van der Waals surface area contributed by atoms with E-state index < -0.39 is 0 Å². The number of hydrogen-bond donors (Lipinski definition) is 1. The van der Waals surface area contributed by atoms with Crippen molar-refractivity contribution in [2.75, 3.05) is 46.6 Å². The molecule has 10 heteroatoms. The molecule has 9 nitrogen and oxygen atoms in total. The van der Waals surface area contributed by atoms with E-state index in [4.69, 9.17) is 33.9 Å². The lowest BCUT2D eigenvalue weighted by atomic mass is 10.1. The molecule has 0 radical (unpaired) electrons. The first kappa shape index (κ1) is 31.4. The Morgan fingerprint density at radius 1 is 0.750 bits per heavy atom. The number of ether oxygens (including phenoxy) is 5. The quantitative estimate of drug-likeness (QED) is 0.109. The van der Waals surface area contributed by atoms with Crippen molar-refractivity contribution in [1.82, 2.24) is 4.90 Å². The molecule has 0 aliphatic rings.